The number of benzene rings is 2. The molecule has 1 aromatic heterocycles. The molecule has 3 aromatic rings. The Morgan fingerprint density at radius 2 is 1.72 bits per heavy atom. The summed E-state index contributed by atoms with van der Waals surface area (Å²) in [4.78, 5) is 3.91. The number of methoxy groups -OCH3 is 1. The first kappa shape index (κ1) is 33.1. The van der Waals surface area contributed by atoms with E-state index in [1.807, 2.05) is 18.2 Å². The lowest BCUT2D eigenvalue weighted by Crippen LogP contribution is -2.14. The molecule has 3 rings (SSSR count). The number of aliphatic hydroxyl groups is 1. The van der Waals surface area contributed by atoms with Crippen molar-refractivity contribution in [3.8, 4) is 6.07 Å². The fraction of sp³-hybridized carbons (Fsp3) is 0.353. The van der Waals surface area contributed by atoms with Crippen molar-refractivity contribution in [3.05, 3.63) is 106 Å². The van der Waals surface area contributed by atoms with E-state index in [2.05, 4.69) is 95.3 Å². The summed E-state index contributed by atoms with van der Waals surface area (Å²) >= 11 is 0. The van der Waals surface area contributed by atoms with Crippen LogP contribution >= 0.6 is 0 Å². The molecule has 39 heavy (non-hydrogen) atoms. The average molecular weight is 528 g/mol. The van der Waals surface area contributed by atoms with Crippen LogP contribution in [0.5, 0.6) is 0 Å². The van der Waals surface area contributed by atoms with E-state index in [0.29, 0.717) is 17.5 Å². The number of aliphatic hydroxyl groups excluding tert-OH is 1. The highest BCUT2D eigenvalue weighted by Gasteiger charge is 2.18. The van der Waals surface area contributed by atoms with Gasteiger partial charge < -0.3 is 15.2 Å². The summed E-state index contributed by atoms with van der Waals surface area (Å²) in [5.41, 5.74) is 5.83. The Hall–Kier alpha value is -3.88. The molecule has 5 nitrogen and oxygen atoms in total. The molecule has 0 bridgehead atoms. The van der Waals surface area contributed by atoms with Crippen molar-refractivity contribution in [1.29, 1.82) is 5.26 Å². The van der Waals surface area contributed by atoms with Crippen LogP contribution < -0.4 is 15.9 Å². The SMILES string of the molecule is C=C(Nc1ccc(C(C)(C)C)c(C#N)c1)C(C)c1ccc(COC)cc1.C=c1cc/c(=C(/C)O)cn1.CCC. The number of hydrogen-bond acceptors (Lipinski definition) is 5. The second-order valence-electron chi connectivity index (χ2n) is 10.5. The molecule has 5 heteroatoms. The van der Waals surface area contributed by atoms with Gasteiger partial charge in [0.05, 0.1) is 29.3 Å². The van der Waals surface area contributed by atoms with Crippen molar-refractivity contribution in [2.24, 2.45) is 0 Å². The van der Waals surface area contributed by atoms with Crippen LogP contribution in [0.1, 0.15) is 83.1 Å². The molecule has 1 heterocycles. The molecule has 0 aliphatic carbocycles. The van der Waals surface area contributed by atoms with Gasteiger partial charge >= 0.3 is 0 Å². The Kier molecular flexibility index (Phi) is 13.7. The number of nitrogens with zero attached hydrogens (tertiary/aromatic N) is 2. The fourth-order valence-corrected chi connectivity index (χ4v) is 3.57. The highest BCUT2D eigenvalue weighted by Crippen LogP contribution is 2.30. The summed E-state index contributed by atoms with van der Waals surface area (Å²) in [6.07, 6.45) is 2.84. The van der Waals surface area contributed by atoms with Crippen molar-refractivity contribution < 1.29 is 9.84 Å². The van der Waals surface area contributed by atoms with Gasteiger partial charge in [-0.15, -0.1) is 0 Å². The van der Waals surface area contributed by atoms with Crippen LogP contribution in [0.15, 0.2) is 73.1 Å². The van der Waals surface area contributed by atoms with E-state index in [1.54, 1.807) is 32.4 Å². The van der Waals surface area contributed by atoms with Gasteiger partial charge in [-0.1, -0.05) is 91.5 Å². The van der Waals surface area contributed by atoms with Crippen LogP contribution in [-0.2, 0) is 16.8 Å². The summed E-state index contributed by atoms with van der Waals surface area (Å²) in [6, 6.07) is 20.2. The molecular weight excluding hydrogens is 482 g/mol. The highest BCUT2D eigenvalue weighted by molar-refractivity contribution is 5.57. The maximum absolute atomic E-state index is 9.49. The number of ether oxygens (including phenoxy) is 1. The summed E-state index contributed by atoms with van der Waals surface area (Å²) < 4.78 is 5.15. The Labute approximate surface area is 235 Å². The minimum Gasteiger partial charge on any atom is -0.512 e. The molecular formula is C34H45N3O2. The molecule has 0 spiro atoms. The molecule has 2 N–H and O–H groups in total. The van der Waals surface area contributed by atoms with E-state index in [-0.39, 0.29) is 17.1 Å². The van der Waals surface area contributed by atoms with Crippen molar-refractivity contribution in [3.63, 3.8) is 0 Å². The third-order valence-electron chi connectivity index (χ3n) is 5.81. The predicted octanol–water partition coefficient (Wildman–Crippen LogP) is 7.33. The monoisotopic (exact) mass is 527 g/mol. The maximum atomic E-state index is 9.49. The van der Waals surface area contributed by atoms with Crippen LogP contribution in [0.25, 0.3) is 12.3 Å². The smallest absolute Gasteiger partial charge is 0.0995 e. The van der Waals surface area contributed by atoms with Crippen LogP contribution in [0.3, 0.4) is 0 Å². The van der Waals surface area contributed by atoms with E-state index < -0.39 is 0 Å². The van der Waals surface area contributed by atoms with Gasteiger partial charge in [-0.3, -0.25) is 4.98 Å². The largest absolute Gasteiger partial charge is 0.512 e. The second kappa shape index (κ2) is 16.2. The molecule has 2 aromatic carbocycles. The number of aromatic nitrogens is 1. The number of pyridine rings is 1. The zero-order valence-electron chi connectivity index (χ0n) is 24.9. The second-order valence-corrected chi connectivity index (χ2v) is 10.5. The van der Waals surface area contributed by atoms with Gasteiger partial charge in [0.15, 0.2) is 0 Å². The number of nitrogens with one attached hydrogen (secondary N) is 1. The molecule has 0 aliphatic heterocycles. The Balaban J connectivity index is 0.000000483. The molecule has 0 saturated carbocycles. The molecule has 1 atom stereocenters. The van der Waals surface area contributed by atoms with Crippen LogP contribution in [0, 0.1) is 11.3 Å². The molecule has 208 valence electrons. The lowest BCUT2D eigenvalue weighted by atomic mass is 9.84. The average Bonchev–Trinajstić information content (AvgIpc) is 2.89. The van der Waals surface area contributed by atoms with Crippen molar-refractivity contribution >= 4 is 18.0 Å². The number of hydrogen-bond donors (Lipinski definition) is 2. The molecule has 0 fully saturated rings. The van der Waals surface area contributed by atoms with Crippen LogP contribution in [-0.4, -0.2) is 17.2 Å². The summed E-state index contributed by atoms with van der Waals surface area (Å²) in [5.74, 6) is 0.437. The lowest BCUT2D eigenvalue weighted by molar-refractivity contribution is 0.185. The van der Waals surface area contributed by atoms with E-state index >= 15 is 0 Å². The lowest BCUT2D eigenvalue weighted by Gasteiger charge is -2.22. The number of rotatable bonds is 6. The quantitative estimate of drug-likeness (QED) is 0.351. The Bertz CT molecular complexity index is 1320. The first-order valence-corrected chi connectivity index (χ1v) is 13.3. The van der Waals surface area contributed by atoms with Gasteiger partial charge in [0.2, 0.25) is 0 Å². The minimum absolute atomic E-state index is 0.0577. The van der Waals surface area contributed by atoms with Gasteiger partial charge in [-0.05, 0) is 53.3 Å². The van der Waals surface area contributed by atoms with E-state index in [0.717, 1.165) is 27.7 Å². The van der Waals surface area contributed by atoms with Crippen LogP contribution in [0.2, 0.25) is 0 Å². The predicted molar refractivity (Wildman–Crippen MR) is 165 cm³/mol. The number of anilines is 1. The summed E-state index contributed by atoms with van der Waals surface area (Å²) in [6.45, 7) is 22.8. The van der Waals surface area contributed by atoms with E-state index in [9.17, 15) is 5.26 Å². The molecule has 0 radical (unpaired) electrons. The maximum Gasteiger partial charge on any atom is 0.0995 e. The molecule has 0 amide bonds. The minimum atomic E-state index is -0.0577. The van der Waals surface area contributed by atoms with Crippen molar-refractivity contribution in [2.75, 3.05) is 12.4 Å². The van der Waals surface area contributed by atoms with Gasteiger partial charge in [-0.2, -0.15) is 5.26 Å². The molecule has 0 saturated heterocycles. The Morgan fingerprint density at radius 1 is 1.10 bits per heavy atom. The molecule has 1 unspecified atom stereocenters. The normalized spacial score (nSPS) is 12.0. The number of allylic oxidation sites excluding steroid dienone is 1. The Morgan fingerprint density at radius 3 is 2.18 bits per heavy atom. The topological polar surface area (TPSA) is 78.2 Å². The van der Waals surface area contributed by atoms with Gasteiger partial charge in [-0.25, -0.2) is 0 Å². The summed E-state index contributed by atoms with van der Waals surface area (Å²) in [7, 11) is 1.70. The van der Waals surface area contributed by atoms with E-state index in [1.165, 1.54) is 12.0 Å². The zero-order valence-corrected chi connectivity index (χ0v) is 24.9. The fourth-order valence-electron chi connectivity index (χ4n) is 3.57. The van der Waals surface area contributed by atoms with E-state index in [4.69, 9.17) is 9.84 Å². The summed E-state index contributed by atoms with van der Waals surface area (Å²) in [5, 5.41) is 23.3. The van der Waals surface area contributed by atoms with Crippen molar-refractivity contribution in [2.45, 2.75) is 72.8 Å². The first-order chi connectivity index (χ1) is 18.4. The van der Waals surface area contributed by atoms with Gasteiger partial charge in [0.1, 0.15) is 0 Å². The van der Waals surface area contributed by atoms with Gasteiger partial charge in [0, 0.05) is 35.8 Å². The third kappa shape index (κ3) is 11.2. The van der Waals surface area contributed by atoms with Crippen LogP contribution in [0.4, 0.5) is 5.69 Å². The zero-order chi connectivity index (χ0) is 29.6. The van der Waals surface area contributed by atoms with Crippen molar-refractivity contribution in [1.82, 2.24) is 4.98 Å². The number of nitriles is 1. The first-order valence-electron chi connectivity index (χ1n) is 13.3. The van der Waals surface area contributed by atoms with Gasteiger partial charge in [0.25, 0.3) is 0 Å². The third-order valence-corrected chi connectivity index (χ3v) is 5.81. The standard InChI is InChI=1S/C23H28N2O.C8H9NO.C3H8/c1-16(19-9-7-18(8-10-19)15-26-6)17(2)25-21-11-12-22(23(3,4)5)20(13-21)14-24;1-6-3-4-8(5-9-6)7(2)10;1-3-2/h7-13,16,25H,2,15H2,1,3-6H3;3-5,10H,1H2,2H3;3H2,1-2H3/b;8-7+;. The molecule has 0 aliphatic rings. The highest BCUT2D eigenvalue weighted by atomic mass is 16.5.